The number of amides is 1. The summed E-state index contributed by atoms with van der Waals surface area (Å²) in [6.45, 7) is 3.95. The average Bonchev–Trinajstić information content (AvgIpc) is 3.69. The topological polar surface area (TPSA) is 86.2 Å². The molecule has 0 spiro atoms. The molecule has 1 aliphatic heterocycles. The molecule has 2 fully saturated rings. The van der Waals surface area contributed by atoms with Crippen molar-refractivity contribution in [2.75, 3.05) is 19.0 Å². The minimum atomic E-state index is -0.243. The summed E-state index contributed by atoms with van der Waals surface area (Å²) < 4.78 is 17.1. The van der Waals surface area contributed by atoms with Crippen LogP contribution in [0.15, 0.2) is 41.4 Å². The van der Waals surface area contributed by atoms with E-state index in [1.807, 2.05) is 37.3 Å². The van der Waals surface area contributed by atoms with Gasteiger partial charge in [-0.25, -0.2) is 0 Å². The lowest BCUT2D eigenvalue weighted by molar-refractivity contribution is -0.148. The summed E-state index contributed by atoms with van der Waals surface area (Å²) in [5.74, 6) is 1.52. The Balaban J connectivity index is 1.51. The SMILES string of the molecule is CCOc1cc2c(cc1OC)C(c1ccc(NC(=O)C3CC3)cc1)=NC1CCC(OC(C)=O)CC21. The number of carbonyl (C=O) groups is 2. The van der Waals surface area contributed by atoms with Crippen molar-refractivity contribution in [2.45, 2.75) is 64.0 Å². The predicted octanol–water partition coefficient (Wildman–Crippen LogP) is 4.86. The van der Waals surface area contributed by atoms with Gasteiger partial charge in [-0.2, -0.15) is 0 Å². The van der Waals surface area contributed by atoms with Crippen LogP contribution in [0.2, 0.25) is 0 Å². The van der Waals surface area contributed by atoms with Crippen LogP contribution in [0.4, 0.5) is 5.69 Å². The summed E-state index contributed by atoms with van der Waals surface area (Å²) in [6.07, 6.45) is 4.22. The molecule has 0 saturated heterocycles. The molecule has 3 unspecified atom stereocenters. The van der Waals surface area contributed by atoms with E-state index in [4.69, 9.17) is 19.2 Å². The van der Waals surface area contributed by atoms with Crippen LogP contribution in [-0.2, 0) is 14.3 Å². The number of methoxy groups -OCH3 is 1. The first-order valence-corrected chi connectivity index (χ1v) is 12.5. The monoisotopic (exact) mass is 476 g/mol. The lowest BCUT2D eigenvalue weighted by Gasteiger charge is -2.38. The molecule has 7 nitrogen and oxygen atoms in total. The first-order chi connectivity index (χ1) is 17.0. The van der Waals surface area contributed by atoms with Crippen molar-refractivity contribution in [3.63, 3.8) is 0 Å². The second-order valence-corrected chi connectivity index (χ2v) is 9.56. The second-order valence-electron chi connectivity index (χ2n) is 9.56. The van der Waals surface area contributed by atoms with Gasteiger partial charge in [-0.1, -0.05) is 12.1 Å². The number of esters is 1. The first kappa shape index (κ1) is 23.4. The highest BCUT2D eigenvalue weighted by molar-refractivity contribution is 6.15. The number of anilines is 1. The smallest absolute Gasteiger partial charge is 0.302 e. The van der Waals surface area contributed by atoms with Gasteiger partial charge in [0.1, 0.15) is 6.10 Å². The number of benzene rings is 2. The molecular formula is C28H32N2O5. The van der Waals surface area contributed by atoms with Crippen molar-refractivity contribution in [3.8, 4) is 11.5 Å². The Hall–Kier alpha value is -3.35. The number of ether oxygens (including phenoxy) is 3. The van der Waals surface area contributed by atoms with Gasteiger partial charge in [0.15, 0.2) is 11.5 Å². The molecule has 7 heteroatoms. The van der Waals surface area contributed by atoms with E-state index in [9.17, 15) is 9.59 Å². The Labute approximate surface area is 205 Å². The van der Waals surface area contributed by atoms with Crippen LogP contribution in [0, 0.1) is 5.92 Å². The summed E-state index contributed by atoms with van der Waals surface area (Å²) in [5, 5.41) is 3.00. The standard InChI is InChI=1S/C28H32N2O5/c1-4-34-26-14-21-22-13-20(35-16(2)31)11-12-24(22)30-27(23(21)15-25(26)33-3)17-7-9-19(10-8-17)29-28(32)18-5-6-18/h7-10,14-15,18,20,22,24H,4-6,11-13H2,1-3H3,(H,29,32). The van der Waals surface area contributed by atoms with E-state index in [1.54, 1.807) is 7.11 Å². The van der Waals surface area contributed by atoms with Crippen LogP contribution in [0.3, 0.4) is 0 Å². The van der Waals surface area contributed by atoms with E-state index >= 15 is 0 Å². The highest BCUT2D eigenvalue weighted by Gasteiger charge is 2.39. The minimum Gasteiger partial charge on any atom is -0.493 e. The molecule has 1 N–H and O–H groups in total. The Morgan fingerprint density at radius 2 is 1.83 bits per heavy atom. The van der Waals surface area contributed by atoms with Crippen LogP contribution in [0.1, 0.15) is 68.6 Å². The van der Waals surface area contributed by atoms with Gasteiger partial charge in [0, 0.05) is 35.6 Å². The molecule has 2 aliphatic carbocycles. The molecule has 2 saturated carbocycles. The number of aliphatic imine (C=N–C) groups is 1. The second kappa shape index (κ2) is 9.72. The van der Waals surface area contributed by atoms with Crippen molar-refractivity contribution >= 4 is 23.3 Å². The maximum atomic E-state index is 12.1. The van der Waals surface area contributed by atoms with Crippen molar-refractivity contribution in [3.05, 3.63) is 53.1 Å². The molecule has 35 heavy (non-hydrogen) atoms. The molecule has 1 amide bonds. The average molecular weight is 477 g/mol. The zero-order valence-corrected chi connectivity index (χ0v) is 20.5. The Morgan fingerprint density at radius 3 is 2.49 bits per heavy atom. The molecule has 2 aromatic carbocycles. The molecule has 2 aromatic rings. The van der Waals surface area contributed by atoms with E-state index in [0.29, 0.717) is 18.1 Å². The van der Waals surface area contributed by atoms with E-state index in [0.717, 1.165) is 60.2 Å². The fourth-order valence-corrected chi connectivity index (χ4v) is 5.23. The van der Waals surface area contributed by atoms with Crippen LogP contribution >= 0.6 is 0 Å². The molecule has 0 aromatic heterocycles. The lowest BCUT2D eigenvalue weighted by Crippen LogP contribution is -2.36. The number of nitrogens with one attached hydrogen (secondary N) is 1. The fourth-order valence-electron chi connectivity index (χ4n) is 5.23. The molecule has 3 atom stereocenters. The molecule has 0 radical (unpaired) electrons. The van der Waals surface area contributed by atoms with Crippen molar-refractivity contribution < 1.29 is 23.8 Å². The van der Waals surface area contributed by atoms with Gasteiger partial charge in [0.25, 0.3) is 0 Å². The van der Waals surface area contributed by atoms with Gasteiger partial charge in [-0.15, -0.1) is 0 Å². The maximum absolute atomic E-state index is 12.1. The number of nitrogens with zero attached hydrogens (tertiary/aromatic N) is 1. The third-order valence-corrected chi connectivity index (χ3v) is 7.06. The quantitative estimate of drug-likeness (QED) is 0.577. The largest absolute Gasteiger partial charge is 0.493 e. The summed E-state index contributed by atoms with van der Waals surface area (Å²) >= 11 is 0. The van der Waals surface area contributed by atoms with Crippen molar-refractivity contribution in [1.82, 2.24) is 0 Å². The highest BCUT2D eigenvalue weighted by Crippen LogP contribution is 2.45. The fraction of sp³-hybridized carbons (Fsp3) is 0.464. The van der Waals surface area contributed by atoms with Crippen molar-refractivity contribution in [2.24, 2.45) is 10.9 Å². The molecule has 1 heterocycles. The van der Waals surface area contributed by atoms with Crippen molar-refractivity contribution in [1.29, 1.82) is 0 Å². The first-order valence-electron chi connectivity index (χ1n) is 12.5. The Bertz CT molecular complexity index is 1150. The molecule has 5 rings (SSSR count). The highest BCUT2D eigenvalue weighted by atomic mass is 16.5. The molecule has 184 valence electrons. The minimum absolute atomic E-state index is 0.0960. The summed E-state index contributed by atoms with van der Waals surface area (Å²) in [5.41, 5.74) is 4.85. The Kier molecular flexibility index (Phi) is 6.50. The van der Waals surface area contributed by atoms with Crippen LogP contribution in [-0.4, -0.2) is 43.5 Å². The van der Waals surface area contributed by atoms with Gasteiger partial charge in [0.2, 0.25) is 5.91 Å². The van der Waals surface area contributed by atoms with Gasteiger partial charge >= 0.3 is 5.97 Å². The molecule has 0 bridgehead atoms. The summed E-state index contributed by atoms with van der Waals surface area (Å²) in [7, 11) is 1.64. The Morgan fingerprint density at radius 1 is 1.06 bits per heavy atom. The van der Waals surface area contributed by atoms with E-state index < -0.39 is 0 Å². The third kappa shape index (κ3) is 4.90. The number of hydrogen-bond donors (Lipinski definition) is 1. The van der Waals surface area contributed by atoms with Crippen LogP contribution < -0.4 is 14.8 Å². The number of hydrogen-bond acceptors (Lipinski definition) is 6. The number of carbonyl (C=O) groups excluding carboxylic acids is 2. The predicted molar refractivity (Wildman–Crippen MR) is 134 cm³/mol. The summed E-state index contributed by atoms with van der Waals surface area (Å²) in [6, 6.07) is 12.1. The summed E-state index contributed by atoms with van der Waals surface area (Å²) in [4.78, 5) is 28.9. The normalized spacial score (nSPS) is 22.8. The van der Waals surface area contributed by atoms with E-state index in [-0.39, 0.29) is 35.9 Å². The van der Waals surface area contributed by atoms with E-state index in [1.165, 1.54) is 6.92 Å². The van der Waals surface area contributed by atoms with Gasteiger partial charge in [-0.3, -0.25) is 14.6 Å². The van der Waals surface area contributed by atoms with Gasteiger partial charge < -0.3 is 19.5 Å². The van der Waals surface area contributed by atoms with Gasteiger partial charge in [-0.05, 0) is 68.9 Å². The lowest BCUT2D eigenvalue weighted by atomic mass is 9.74. The van der Waals surface area contributed by atoms with Gasteiger partial charge in [0.05, 0.1) is 25.5 Å². The van der Waals surface area contributed by atoms with Crippen LogP contribution in [0.5, 0.6) is 11.5 Å². The maximum Gasteiger partial charge on any atom is 0.302 e. The number of rotatable bonds is 7. The molecule has 3 aliphatic rings. The number of fused-ring (bicyclic) bond motifs is 3. The molecular weight excluding hydrogens is 444 g/mol. The third-order valence-electron chi connectivity index (χ3n) is 7.06. The zero-order valence-electron chi connectivity index (χ0n) is 20.5. The van der Waals surface area contributed by atoms with Crippen LogP contribution in [0.25, 0.3) is 0 Å². The van der Waals surface area contributed by atoms with E-state index in [2.05, 4.69) is 11.4 Å². The zero-order chi connectivity index (χ0) is 24.5.